The molecule has 2 heterocycles. The fourth-order valence-electron chi connectivity index (χ4n) is 4.99. The highest BCUT2D eigenvalue weighted by Gasteiger charge is 2.28. The second-order valence-electron chi connectivity index (χ2n) is 8.57. The van der Waals surface area contributed by atoms with Crippen molar-refractivity contribution in [2.75, 3.05) is 48.0 Å². The van der Waals surface area contributed by atoms with Gasteiger partial charge in [0, 0.05) is 37.1 Å². The summed E-state index contributed by atoms with van der Waals surface area (Å²) in [5.41, 5.74) is 5.20. The van der Waals surface area contributed by atoms with Gasteiger partial charge in [-0.1, -0.05) is 48.5 Å². The summed E-state index contributed by atoms with van der Waals surface area (Å²) >= 11 is 0. The van der Waals surface area contributed by atoms with Gasteiger partial charge in [0.2, 0.25) is 0 Å². The third kappa shape index (κ3) is 4.54. The van der Waals surface area contributed by atoms with Crippen LogP contribution in [0.5, 0.6) is 0 Å². The number of likely N-dealkylation sites (tertiary alicyclic amines) is 1. The zero-order valence-electron chi connectivity index (χ0n) is 18.2. The van der Waals surface area contributed by atoms with Crippen molar-refractivity contribution in [2.45, 2.75) is 25.3 Å². The van der Waals surface area contributed by atoms with E-state index in [0.29, 0.717) is 6.04 Å². The van der Waals surface area contributed by atoms with Crippen molar-refractivity contribution in [3.63, 3.8) is 0 Å². The summed E-state index contributed by atoms with van der Waals surface area (Å²) in [7, 11) is 0. The molecule has 0 radical (unpaired) electrons. The Hall–Kier alpha value is -2.98. The van der Waals surface area contributed by atoms with Crippen LogP contribution in [0.3, 0.4) is 0 Å². The maximum atomic E-state index is 3.54. The fraction of sp³-hybridized carbons (Fsp3) is 0.333. The van der Waals surface area contributed by atoms with Crippen LogP contribution in [0.2, 0.25) is 0 Å². The number of fused-ring (bicyclic) bond motifs is 1. The van der Waals surface area contributed by atoms with E-state index >= 15 is 0 Å². The molecule has 1 saturated heterocycles. The molecule has 0 aromatic heterocycles. The molecule has 4 nitrogen and oxygen atoms in total. The Bertz CT molecular complexity index is 912. The quantitative estimate of drug-likeness (QED) is 0.548. The van der Waals surface area contributed by atoms with Gasteiger partial charge in [0.15, 0.2) is 0 Å². The lowest BCUT2D eigenvalue weighted by molar-refractivity contribution is 0.209. The molecule has 5 rings (SSSR count). The van der Waals surface area contributed by atoms with Crippen LogP contribution in [0.25, 0.3) is 0 Å². The van der Waals surface area contributed by atoms with Crippen LogP contribution in [-0.2, 0) is 0 Å². The SMILES string of the molecule is c1ccc(N(CCCN2CCC(N3CNc4ccccc43)CC2)c2ccccc2)cc1. The van der Waals surface area contributed by atoms with Gasteiger partial charge < -0.3 is 20.0 Å². The number of anilines is 4. The number of para-hydroxylation sites is 4. The molecule has 0 aliphatic carbocycles. The molecule has 1 fully saturated rings. The van der Waals surface area contributed by atoms with Crippen LogP contribution in [0.15, 0.2) is 84.9 Å². The summed E-state index contributed by atoms with van der Waals surface area (Å²) in [6, 6.07) is 30.9. The van der Waals surface area contributed by atoms with Gasteiger partial charge in [0.05, 0.1) is 18.0 Å². The Morgan fingerprint density at radius 1 is 0.774 bits per heavy atom. The lowest BCUT2D eigenvalue weighted by Gasteiger charge is -2.37. The highest BCUT2D eigenvalue weighted by molar-refractivity contribution is 5.75. The average Bonchev–Trinajstić information content (AvgIpc) is 3.28. The largest absolute Gasteiger partial charge is 0.366 e. The van der Waals surface area contributed by atoms with Crippen molar-refractivity contribution in [3.05, 3.63) is 84.9 Å². The molecule has 0 spiro atoms. The van der Waals surface area contributed by atoms with Gasteiger partial charge in [0.25, 0.3) is 0 Å². The molecule has 3 aromatic rings. The lowest BCUT2D eigenvalue weighted by Crippen LogP contribution is -2.45. The molecule has 160 valence electrons. The molecule has 3 aromatic carbocycles. The van der Waals surface area contributed by atoms with E-state index in [9.17, 15) is 0 Å². The van der Waals surface area contributed by atoms with Gasteiger partial charge in [0.1, 0.15) is 0 Å². The van der Waals surface area contributed by atoms with Gasteiger partial charge in [-0.2, -0.15) is 0 Å². The lowest BCUT2D eigenvalue weighted by atomic mass is 10.0. The Balaban J connectivity index is 1.14. The maximum absolute atomic E-state index is 3.54. The topological polar surface area (TPSA) is 21.8 Å². The summed E-state index contributed by atoms with van der Waals surface area (Å²) in [5.74, 6) is 0. The molecule has 0 unspecified atom stereocenters. The zero-order valence-corrected chi connectivity index (χ0v) is 18.2. The summed E-state index contributed by atoms with van der Waals surface area (Å²) in [4.78, 5) is 7.67. The van der Waals surface area contributed by atoms with Crippen LogP contribution < -0.4 is 15.1 Å². The van der Waals surface area contributed by atoms with E-state index in [4.69, 9.17) is 0 Å². The van der Waals surface area contributed by atoms with Crippen molar-refractivity contribution in [2.24, 2.45) is 0 Å². The molecule has 2 aliphatic rings. The van der Waals surface area contributed by atoms with Crippen LogP contribution in [0, 0.1) is 0 Å². The Labute approximate surface area is 186 Å². The molecule has 0 bridgehead atoms. The van der Waals surface area contributed by atoms with Gasteiger partial charge in [-0.3, -0.25) is 0 Å². The molecule has 0 amide bonds. The van der Waals surface area contributed by atoms with Gasteiger partial charge in [-0.05, 0) is 62.2 Å². The van der Waals surface area contributed by atoms with Crippen molar-refractivity contribution in [1.29, 1.82) is 0 Å². The molecular weight excluding hydrogens is 380 g/mol. The molecular formula is C27H32N4. The Morgan fingerprint density at radius 2 is 1.39 bits per heavy atom. The number of hydrogen-bond donors (Lipinski definition) is 1. The van der Waals surface area contributed by atoms with Crippen molar-refractivity contribution < 1.29 is 0 Å². The standard InChI is InChI=1S/C27H32N4/c1-3-10-23(11-4-1)30(24-12-5-2-6-13-24)19-9-18-29-20-16-25(17-21-29)31-22-28-26-14-7-8-15-27(26)31/h1-8,10-15,25,28H,9,16-22H2. The summed E-state index contributed by atoms with van der Waals surface area (Å²) < 4.78 is 0. The van der Waals surface area contributed by atoms with E-state index in [0.717, 1.165) is 19.8 Å². The first-order valence-electron chi connectivity index (χ1n) is 11.6. The summed E-state index contributed by atoms with van der Waals surface area (Å²) in [6.45, 7) is 5.54. The first-order valence-corrected chi connectivity index (χ1v) is 11.6. The monoisotopic (exact) mass is 412 g/mol. The molecule has 2 aliphatic heterocycles. The minimum Gasteiger partial charge on any atom is -0.366 e. The van der Waals surface area contributed by atoms with Gasteiger partial charge in [-0.15, -0.1) is 0 Å². The molecule has 4 heteroatoms. The third-order valence-electron chi connectivity index (χ3n) is 6.64. The van der Waals surface area contributed by atoms with E-state index in [1.165, 1.54) is 55.1 Å². The number of nitrogens with one attached hydrogen (secondary N) is 1. The van der Waals surface area contributed by atoms with Crippen LogP contribution >= 0.6 is 0 Å². The predicted octanol–water partition coefficient (Wildman–Crippen LogP) is 5.57. The van der Waals surface area contributed by atoms with Crippen LogP contribution in [0.4, 0.5) is 22.7 Å². The van der Waals surface area contributed by atoms with E-state index in [-0.39, 0.29) is 0 Å². The fourth-order valence-corrected chi connectivity index (χ4v) is 4.99. The van der Waals surface area contributed by atoms with Crippen molar-refractivity contribution in [1.82, 2.24) is 4.90 Å². The molecule has 1 N–H and O–H groups in total. The molecule has 0 atom stereocenters. The average molecular weight is 413 g/mol. The van der Waals surface area contributed by atoms with E-state index in [2.05, 4.69) is 105 Å². The summed E-state index contributed by atoms with van der Waals surface area (Å²) in [5, 5.41) is 3.54. The normalized spacial score (nSPS) is 16.7. The number of benzene rings is 3. The number of hydrogen-bond acceptors (Lipinski definition) is 4. The maximum Gasteiger partial charge on any atom is 0.0880 e. The van der Waals surface area contributed by atoms with Crippen LogP contribution in [-0.4, -0.2) is 43.8 Å². The minimum absolute atomic E-state index is 0.650. The molecule has 0 saturated carbocycles. The van der Waals surface area contributed by atoms with E-state index in [1.54, 1.807) is 0 Å². The number of piperidine rings is 1. The third-order valence-corrected chi connectivity index (χ3v) is 6.64. The van der Waals surface area contributed by atoms with Gasteiger partial charge >= 0.3 is 0 Å². The highest BCUT2D eigenvalue weighted by atomic mass is 15.3. The van der Waals surface area contributed by atoms with Crippen molar-refractivity contribution >= 4 is 22.7 Å². The number of nitrogens with zero attached hydrogens (tertiary/aromatic N) is 3. The molecule has 31 heavy (non-hydrogen) atoms. The van der Waals surface area contributed by atoms with E-state index < -0.39 is 0 Å². The second-order valence-corrected chi connectivity index (χ2v) is 8.57. The Morgan fingerprint density at radius 3 is 2.06 bits per heavy atom. The second kappa shape index (κ2) is 9.44. The smallest absolute Gasteiger partial charge is 0.0880 e. The highest BCUT2D eigenvalue weighted by Crippen LogP contribution is 2.34. The first kappa shape index (κ1) is 20.0. The van der Waals surface area contributed by atoms with Crippen LogP contribution in [0.1, 0.15) is 19.3 Å². The minimum atomic E-state index is 0.650. The number of rotatable bonds is 7. The predicted molar refractivity (Wildman–Crippen MR) is 131 cm³/mol. The summed E-state index contributed by atoms with van der Waals surface area (Å²) in [6.07, 6.45) is 3.66. The first-order chi connectivity index (χ1) is 15.4. The van der Waals surface area contributed by atoms with Crippen molar-refractivity contribution in [3.8, 4) is 0 Å². The zero-order chi connectivity index (χ0) is 20.9. The van der Waals surface area contributed by atoms with E-state index in [1.807, 2.05) is 0 Å². The van der Waals surface area contributed by atoms with Gasteiger partial charge in [-0.25, -0.2) is 0 Å². The Kier molecular flexibility index (Phi) is 6.08.